The van der Waals surface area contributed by atoms with E-state index in [0.717, 1.165) is 12.8 Å². The van der Waals surface area contributed by atoms with E-state index in [1.54, 1.807) is 6.92 Å². The normalized spacial score (nSPS) is 37.4. The lowest BCUT2D eigenvalue weighted by molar-refractivity contribution is -0.0431. The van der Waals surface area contributed by atoms with Gasteiger partial charge in [0.1, 0.15) is 0 Å². The van der Waals surface area contributed by atoms with E-state index < -0.39 is 0 Å². The summed E-state index contributed by atoms with van der Waals surface area (Å²) in [6.45, 7) is 6.70. The maximum atomic E-state index is 9.12. The second kappa shape index (κ2) is 4.94. The summed E-state index contributed by atoms with van der Waals surface area (Å²) in [5.74, 6) is 0. The van der Waals surface area contributed by atoms with Crippen molar-refractivity contribution in [2.75, 3.05) is 6.54 Å². The van der Waals surface area contributed by atoms with E-state index in [9.17, 15) is 0 Å². The highest BCUT2D eigenvalue weighted by Crippen LogP contribution is 2.18. The van der Waals surface area contributed by atoms with Gasteiger partial charge in [0.25, 0.3) is 0 Å². The van der Waals surface area contributed by atoms with Crippen LogP contribution < -0.4 is 5.32 Å². The van der Waals surface area contributed by atoms with E-state index in [1.165, 1.54) is 0 Å². The van der Waals surface area contributed by atoms with Crippen molar-refractivity contribution in [3.8, 4) is 0 Å². The Labute approximate surface area is 80.5 Å². The molecule has 1 heterocycles. The molecule has 0 bridgehead atoms. The van der Waals surface area contributed by atoms with Crippen LogP contribution in [0, 0.1) is 0 Å². The Morgan fingerprint density at radius 2 is 1.92 bits per heavy atom. The summed E-state index contributed by atoms with van der Waals surface area (Å²) in [5.41, 5.74) is 0. The van der Waals surface area contributed by atoms with Gasteiger partial charge in [-0.2, -0.15) is 0 Å². The monoisotopic (exact) mass is 187 g/mol. The molecule has 0 amide bonds. The van der Waals surface area contributed by atoms with Gasteiger partial charge in [0.2, 0.25) is 0 Å². The van der Waals surface area contributed by atoms with Crippen molar-refractivity contribution in [1.82, 2.24) is 5.32 Å². The van der Waals surface area contributed by atoms with Gasteiger partial charge in [-0.1, -0.05) is 0 Å². The summed E-state index contributed by atoms with van der Waals surface area (Å²) < 4.78 is 5.62. The highest BCUT2D eigenvalue weighted by atomic mass is 16.5. The van der Waals surface area contributed by atoms with Crippen molar-refractivity contribution in [2.45, 2.75) is 58.0 Å². The maximum absolute atomic E-state index is 9.12. The Morgan fingerprint density at radius 3 is 2.38 bits per heavy atom. The molecule has 13 heavy (non-hydrogen) atoms. The Bertz CT molecular complexity index is 140. The fourth-order valence-corrected chi connectivity index (χ4v) is 1.91. The first-order valence-corrected chi connectivity index (χ1v) is 5.15. The lowest BCUT2D eigenvalue weighted by Gasteiger charge is -2.32. The summed E-state index contributed by atoms with van der Waals surface area (Å²) in [4.78, 5) is 0. The fourth-order valence-electron chi connectivity index (χ4n) is 1.91. The number of hydrogen-bond acceptors (Lipinski definition) is 3. The van der Waals surface area contributed by atoms with Crippen molar-refractivity contribution < 1.29 is 9.84 Å². The van der Waals surface area contributed by atoms with Crippen LogP contribution in [0.3, 0.4) is 0 Å². The van der Waals surface area contributed by atoms with Crippen LogP contribution in [0.1, 0.15) is 33.6 Å². The standard InChI is InChI=1S/C10H21NO2/c1-7(12)6-11-10-4-8(2)13-9(3)5-10/h7-12H,4-6H2,1-3H3/t7-,8-,9+,10?/m1/s1. The fraction of sp³-hybridized carbons (Fsp3) is 1.00. The summed E-state index contributed by atoms with van der Waals surface area (Å²) >= 11 is 0. The van der Waals surface area contributed by atoms with Crippen LogP contribution >= 0.6 is 0 Å². The number of nitrogens with one attached hydrogen (secondary N) is 1. The third kappa shape index (κ3) is 4.07. The van der Waals surface area contributed by atoms with Crippen LogP contribution in [0.4, 0.5) is 0 Å². The average Bonchev–Trinajstić information content (AvgIpc) is 1.99. The van der Waals surface area contributed by atoms with Gasteiger partial charge < -0.3 is 15.2 Å². The smallest absolute Gasteiger partial charge is 0.0636 e. The maximum Gasteiger partial charge on any atom is 0.0636 e. The van der Waals surface area contributed by atoms with Crippen LogP contribution in [0.5, 0.6) is 0 Å². The highest BCUT2D eigenvalue weighted by molar-refractivity contribution is 4.78. The summed E-state index contributed by atoms with van der Waals surface area (Å²) in [6.07, 6.45) is 2.53. The van der Waals surface area contributed by atoms with Crippen molar-refractivity contribution in [3.63, 3.8) is 0 Å². The zero-order valence-electron chi connectivity index (χ0n) is 8.79. The van der Waals surface area contributed by atoms with Crippen molar-refractivity contribution in [3.05, 3.63) is 0 Å². The lowest BCUT2D eigenvalue weighted by atomic mass is 10.00. The Hall–Kier alpha value is -0.120. The molecule has 0 aromatic heterocycles. The molecule has 4 atom stereocenters. The predicted octanol–water partition coefficient (Wildman–Crippen LogP) is 0.913. The Kier molecular flexibility index (Phi) is 4.16. The molecule has 0 aromatic rings. The number of aliphatic hydroxyl groups excluding tert-OH is 1. The van der Waals surface area contributed by atoms with E-state index in [2.05, 4.69) is 19.2 Å². The summed E-state index contributed by atoms with van der Waals surface area (Å²) in [7, 11) is 0. The molecule has 3 heteroatoms. The molecular formula is C10H21NO2. The number of hydrogen-bond donors (Lipinski definition) is 2. The zero-order chi connectivity index (χ0) is 9.84. The molecule has 0 saturated carbocycles. The van der Waals surface area contributed by atoms with Crippen LogP contribution in [-0.2, 0) is 4.74 Å². The summed E-state index contributed by atoms with van der Waals surface area (Å²) in [6, 6.07) is 0.508. The first kappa shape index (κ1) is 11.0. The van der Waals surface area contributed by atoms with Crippen molar-refractivity contribution in [2.24, 2.45) is 0 Å². The lowest BCUT2D eigenvalue weighted by Crippen LogP contribution is -2.43. The number of rotatable bonds is 3. The first-order valence-electron chi connectivity index (χ1n) is 5.15. The number of ether oxygens (including phenoxy) is 1. The van der Waals surface area contributed by atoms with Crippen LogP contribution in [-0.4, -0.2) is 36.0 Å². The van der Waals surface area contributed by atoms with Crippen LogP contribution in [0.15, 0.2) is 0 Å². The third-order valence-corrected chi connectivity index (χ3v) is 2.40. The topological polar surface area (TPSA) is 41.5 Å². The van der Waals surface area contributed by atoms with E-state index in [4.69, 9.17) is 9.84 Å². The zero-order valence-corrected chi connectivity index (χ0v) is 8.79. The molecule has 1 aliphatic heterocycles. The molecule has 78 valence electrons. The molecule has 2 N–H and O–H groups in total. The molecular weight excluding hydrogens is 166 g/mol. The van der Waals surface area contributed by atoms with Crippen molar-refractivity contribution in [1.29, 1.82) is 0 Å². The average molecular weight is 187 g/mol. The van der Waals surface area contributed by atoms with Gasteiger partial charge in [-0.25, -0.2) is 0 Å². The van der Waals surface area contributed by atoms with Gasteiger partial charge in [-0.15, -0.1) is 0 Å². The van der Waals surface area contributed by atoms with Gasteiger partial charge in [0.05, 0.1) is 18.3 Å². The largest absolute Gasteiger partial charge is 0.392 e. The minimum atomic E-state index is -0.256. The van der Waals surface area contributed by atoms with Gasteiger partial charge in [-0.05, 0) is 33.6 Å². The minimum absolute atomic E-state index is 0.256. The molecule has 3 nitrogen and oxygen atoms in total. The summed E-state index contributed by atoms with van der Waals surface area (Å²) in [5, 5.41) is 12.5. The molecule has 1 unspecified atom stereocenters. The number of aliphatic hydroxyl groups is 1. The van der Waals surface area contributed by atoms with E-state index in [1.807, 2.05) is 0 Å². The molecule has 1 rings (SSSR count). The molecule has 0 aromatic carbocycles. The quantitative estimate of drug-likeness (QED) is 0.690. The SMILES string of the molecule is C[C@@H]1CC(NC[C@@H](C)O)C[C@H](C)O1. The molecule has 0 spiro atoms. The van der Waals surface area contributed by atoms with Gasteiger partial charge >= 0.3 is 0 Å². The second-order valence-corrected chi connectivity index (χ2v) is 4.18. The minimum Gasteiger partial charge on any atom is -0.392 e. The van der Waals surface area contributed by atoms with E-state index >= 15 is 0 Å². The Balaban J connectivity index is 2.25. The van der Waals surface area contributed by atoms with Crippen LogP contribution in [0.25, 0.3) is 0 Å². The second-order valence-electron chi connectivity index (χ2n) is 4.18. The molecule has 1 aliphatic rings. The van der Waals surface area contributed by atoms with Gasteiger partial charge in [0, 0.05) is 12.6 Å². The van der Waals surface area contributed by atoms with E-state index in [0.29, 0.717) is 24.8 Å². The predicted molar refractivity (Wildman–Crippen MR) is 52.7 cm³/mol. The molecule has 0 aliphatic carbocycles. The molecule has 1 fully saturated rings. The van der Waals surface area contributed by atoms with Gasteiger partial charge in [-0.3, -0.25) is 0 Å². The highest BCUT2D eigenvalue weighted by Gasteiger charge is 2.23. The molecule has 1 saturated heterocycles. The van der Waals surface area contributed by atoms with Crippen LogP contribution in [0.2, 0.25) is 0 Å². The third-order valence-electron chi connectivity index (χ3n) is 2.40. The van der Waals surface area contributed by atoms with Gasteiger partial charge in [0.15, 0.2) is 0 Å². The van der Waals surface area contributed by atoms with E-state index in [-0.39, 0.29) is 6.10 Å². The Morgan fingerprint density at radius 1 is 1.38 bits per heavy atom. The first-order chi connectivity index (χ1) is 6.08. The molecule has 0 radical (unpaired) electrons. The van der Waals surface area contributed by atoms with Crippen molar-refractivity contribution >= 4 is 0 Å².